The molecule has 4 heterocycles. The first-order valence-electron chi connectivity index (χ1n) is 9.30. The molecular formula is C18H21N7O4S. The molecule has 0 N–H and O–H groups in total. The summed E-state index contributed by atoms with van der Waals surface area (Å²) in [6, 6.07) is 3.32. The summed E-state index contributed by atoms with van der Waals surface area (Å²) in [6.07, 6.45) is 6.49. The van der Waals surface area contributed by atoms with E-state index in [1.54, 1.807) is 48.1 Å². The van der Waals surface area contributed by atoms with Crippen LogP contribution in [0.15, 0.2) is 46.6 Å². The third-order valence-electron chi connectivity index (χ3n) is 4.91. The number of likely N-dealkylation sites (N-methyl/N-ethyl adjacent to an activating group) is 1. The van der Waals surface area contributed by atoms with Gasteiger partial charge in [-0.15, -0.1) is 0 Å². The summed E-state index contributed by atoms with van der Waals surface area (Å²) in [5.41, 5.74) is 0.560. The highest BCUT2D eigenvalue weighted by molar-refractivity contribution is 7.89. The average Bonchev–Trinajstić information content (AvgIpc) is 3.34. The molecule has 0 atom stereocenters. The molecule has 0 bridgehead atoms. The smallest absolute Gasteiger partial charge is 0.262 e. The summed E-state index contributed by atoms with van der Waals surface area (Å²) < 4.78 is 33.2. The lowest BCUT2D eigenvalue weighted by Gasteiger charge is -2.35. The van der Waals surface area contributed by atoms with E-state index < -0.39 is 10.0 Å². The van der Waals surface area contributed by atoms with E-state index >= 15 is 0 Å². The first kappa shape index (κ1) is 20.2. The largest absolute Gasteiger partial charge is 0.341 e. The van der Waals surface area contributed by atoms with E-state index in [-0.39, 0.29) is 29.9 Å². The van der Waals surface area contributed by atoms with Crippen molar-refractivity contribution < 1.29 is 17.7 Å². The highest BCUT2D eigenvalue weighted by atomic mass is 32.2. The number of carbonyl (C=O) groups excluding carboxylic acids is 1. The van der Waals surface area contributed by atoms with Gasteiger partial charge in [0.05, 0.1) is 12.2 Å². The lowest BCUT2D eigenvalue weighted by Crippen LogP contribution is -2.48. The number of imidazole rings is 1. The summed E-state index contributed by atoms with van der Waals surface area (Å²) in [5.74, 6) is 0.613. The van der Waals surface area contributed by atoms with E-state index in [0.29, 0.717) is 30.2 Å². The zero-order valence-corrected chi connectivity index (χ0v) is 17.4. The molecule has 1 saturated heterocycles. The quantitative estimate of drug-likeness (QED) is 0.523. The summed E-state index contributed by atoms with van der Waals surface area (Å²) in [5, 5.41) is 3.98. The monoisotopic (exact) mass is 431 g/mol. The molecule has 3 aromatic rings. The first-order chi connectivity index (χ1) is 14.3. The van der Waals surface area contributed by atoms with Gasteiger partial charge in [-0.05, 0) is 12.1 Å². The molecule has 3 aromatic heterocycles. The maximum atomic E-state index is 12.5. The van der Waals surface area contributed by atoms with Crippen LogP contribution in [-0.2, 0) is 23.5 Å². The molecule has 0 unspecified atom stereocenters. The van der Waals surface area contributed by atoms with E-state index in [0.717, 1.165) is 0 Å². The molecule has 12 heteroatoms. The van der Waals surface area contributed by atoms with Gasteiger partial charge in [0.1, 0.15) is 0 Å². The van der Waals surface area contributed by atoms with Gasteiger partial charge in [-0.3, -0.25) is 9.78 Å². The van der Waals surface area contributed by atoms with Gasteiger partial charge in [0.25, 0.3) is 15.9 Å². The van der Waals surface area contributed by atoms with Gasteiger partial charge in [0.2, 0.25) is 5.89 Å². The number of rotatable bonds is 7. The Bertz CT molecular complexity index is 1140. The van der Waals surface area contributed by atoms with Crippen LogP contribution in [0.2, 0.25) is 0 Å². The van der Waals surface area contributed by atoms with Crippen molar-refractivity contribution in [3.8, 4) is 0 Å². The van der Waals surface area contributed by atoms with E-state index in [4.69, 9.17) is 4.52 Å². The van der Waals surface area contributed by atoms with Crippen LogP contribution in [0.1, 0.15) is 28.0 Å². The van der Waals surface area contributed by atoms with Crippen molar-refractivity contribution in [1.29, 1.82) is 0 Å². The van der Waals surface area contributed by atoms with Crippen LogP contribution in [0.3, 0.4) is 0 Å². The Kier molecular flexibility index (Phi) is 5.35. The fourth-order valence-electron chi connectivity index (χ4n) is 3.06. The molecule has 30 heavy (non-hydrogen) atoms. The molecule has 0 saturated carbocycles. The van der Waals surface area contributed by atoms with Crippen LogP contribution >= 0.6 is 0 Å². The number of sulfonamides is 1. The van der Waals surface area contributed by atoms with Crippen LogP contribution < -0.4 is 0 Å². The van der Waals surface area contributed by atoms with Crippen LogP contribution in [0.25, 0.3) is 0 Å². The zero-order chi connectivity index (χ0) is 21.3. The number of amides is 1. The van der Waals surface area contributed by atoms with Gasteiger partial charge in [0, 0.05) is 64.3 Å². The Morgan fingerprint density at radius 2 is 2.03 bits per heavy atom. The molecular weight excluding hydrogens is 410 g/mol. The maximum absolute atomic E-state index is 12.5. The molecule has 11 nitrogen and oxygen atoms in total. The molecule has 0 radical (unpaired) electrons. The lowest BCUT2D eigenvalue weighted by molar-refractivity contribution is 0.0795. The predicted octanol–water partition coefficient (Wildman–Crippen LogP) is 0.301. The van der Waals surface area contributed by atoms with Gasteiger partial charge >= 0.3 is 0 Å². The molecule has 1 amide bonds. The van der Waals surface area contributed by atoms with Gasteiger partial charge in [-0.2, -0.15) is 9.29 Å². The summed E-state index contributed by atoms with van der Waals surface area (Å²) in [6.45, 7) is 0.951. The Hall–Kier alpha value is -3.12. The average molecular weight is 431 g/mol. The van der Waals surface area contributed by atoms with Crippen molar-refractivity contribution in [1.82, 2.24) is 33.9 Å². The summed E-state index contributed by atoms with van der Waals surface area (Å²) >= 11 is 0. The Morgan fingerprint density at radius 1 is 1.30 bits per heavy atom. The number of hydrogen-bond donors (Lipinski definition) is 0. The predicted molar refractivity (Wildman–Crippen MR) is 104 cm³/mol. The van der Waals surface area contributed by atoms with E-state index in [1.165, 1.54) is 16.8 Å². The molecule has 4 rings (SSSR count). The standard InChI is InChI=1S/C18H21N7O4S/c1-23-11-16(20-12-23)30(27,28)25-9-14(10-25)17-21-15(22-29-17)5-8-24(2)18(26)13-3-6-19-7-4-13/h3-4,6-7,11-12,14H,5,8-10H2,1-2H3. The number of pyridine rings is 1. The van der Waals surface area contributed by atoms with Crippen LogP contribution in [0, 0.1) is 0 Å². The normalized spacial score (nSPS) is 15.1. The van der Waals surface area contributed by atoms with Gasteiger partial charge < -0.3 is 14.0 Å². The van der Waals surface area contributed by atoms with Crippen molar-refractivity contribution in [2.45, 2.75) is 17.4 Å². The number of aromatic nitrogens is 5. The Balaban J connectivity index is 1.31. The Morgan fingerprint density at radius 3 is 2.70 bits per heavy atom. The van der Waals surface area contributed by atoms with E-state index in [9.17, 15) is 13.2 Å². The summed E-state index contributed by atoms with van der Waals surface area (Å²) in [7, 11) is -0.190. The number of nitrogens with zero attached hydrogens (tertiary/aromatic N) is 7. The van der Waals surface area contributed by atoms with Crippen molar-refractivity contribution in [2.75, 3.05) is 26.7 Å². The molecule has 158 valence electrons. The van der Waals surface area contributed by atoms with Crippen LogP contribution in [0.4, 0.5) is 0 Å². The zero-order valence-electron chi connectivity index (χ0n) is 16.5. The van der Waals surface area contributed by atoms with Gasteiger partial charge in [-0.25, -0.2) is 13.4 Å². The molecule has 1 aliphatic rings. The van der Waals surface area contributed by atoms with Gasteiger partial charge in [0.15, 0.2) is 10.9 Å². The fourth-order valence-corrected chi connectivity index (χ4v) is 4.56. The number of aryl methyl sites for hydroxylation is 1. The van der Waals surface area contributed by atoms with Crippen molar-refractivity contribution in [3.05, 3.63) is 54.3 Å². The third-order valence-corrected chi connectivity index (χ3v) is 6.63. The van der Waals surface area contributed by atoms with Crippen LogP contribution in [0.5, 0.6) is 0 Å². The van der Waals surface area contributed by atoms with Gasteiger partial charge in [-0.1, -0.05) is 5.16 Å². The van der Waals surface area contributed by atoms with Crippen molar-refractivity contribution >= 4 is 15.9 Å². The Labute approximate surface area is 173 Å². The highest BCUT2D eigenvalue weighted by Gasteiger charge is 2.41. The minimum absolute atomic E-state index is 0.0246. The van der Waals surface area contributed by atoms with Crippen LogP contribution in [-0.4, -0.2) is 74.9 Å². The van der Waals surface area contributed by atoms with E-state index in [2.05, 4.69) is 20.1 Å². The molecule has 0 aromatic carbocycles. The maximum Gasteiger partial charge on any atom is 0.262 e. The topological polar surface area (TPSA) is 127 Å². The molecule has 0 spiro atoms. The van der Waals surface area contributed by atoms with Crippen molar-refractivity contribution in [2.24, 2.45) is 7.05 Å². The number of hydrogen-bond acceptors (Lipinski definition) is 8. The molecule has 1 aliphatic heterocycles. The molecule has 0 aliphatic carbocycles. The second kappa shape index (κ2) is 7.95. The third kappa shape index (κ3) is 3.96. The lowest BCUT2D eigenvalue weighted by atomic mass is 10.0. The second-order valence-electron chi connectivity index (χ2n) is 7.16. The minimum Gasteiger partial charge on any atom is -0.341 e. The second-order valence-corrected chi connectivity index (χ2v) is 9.04. The fraction of sp³-hybridized carbons (Fsp3) is 0.389. The van der Waals surface area contributed by atoms with E-state index in [1.807, 2.05) is 0 Å². The SMILES string of the molecule is CN(CCc1noc(C2CN(S(=O)(=O)c3cn(C)cn3)C2)n1)C(=O)c1ccncc1. The highest BCUT2D eigenvalue weighted by Crippen LogP contribution is 2.30. The minimum atomic E-state index is -3.61. The first-order valence-corrected chi connectivity index (χ1v) is 10.7. The summed E-state index contributed by atoms with van der Waals surface area (Å²) in [4.78, 5) is 26.1. The molecule has 1 fully saturated rings. The van der Waals surface area contributed by atoms with Crippen molar-refractivity contribution in [3.63, 3.8) is 0 Å². The number of carbonyl (C=O) groups is 1.